The molecule has 1 unspecified atom stereocenters. The van der Waals surface area contributed by atoms with Crippen LogP contribution in [-0.2, 0) is 0 Å². The fourth-order valence-corrected chi connectivity index (χ4v) is 2.62. The van der Waals surface area contributed by atoms with Crippen LogP contribution in [0.15, 0.2) is 24.3 Å². The van der Waals surface area contributed by atoms with E-state index in [1.54, 1.807) is 17.0 Å². The Bertz CT molecular complexity index is 484. The van der Waals surface area contributed by atoms with Crippen LogP contribution in [0.3, 0.4) is 0 Å². The van der Waals surface area contributed by atoms with Gasteiger partial charge in [-0.05, 0) is 38.0 Å². The minimum Gasteiger partial charge on any atom is -0.489 e. The molecule has 1 aromatic carbocycles. The van der Waals surface area contributed by atoms with Gasteiger partial charge >= 0.3 is 6.03 Å². The highest BCUT2D eigenvalue weighted by Crippen LogP contribution is 2.18. The van der Waals surface area contributed by atoms with Gasteiger partial charge in [-0.3, -0.25) is 0 Å². The van der Waals surface area contributed by atoms with E-state index >= 15 is 0 Å². The molecule has 2 atom stereocenters. The summed E-state index contributed by atoms with van der Waals surface area (Å²) in [6, 6.07) is 6.96. The quantitative estimate of drug-likeness (QED) is 0.877. The second kappa shape index (κ2) is 7.52. The van der Waals surface area contributed by atoms with E-state index in [-0.39, 0.29) is 24.8 Å². The highest BCUT2D eigenvalue weighted by atomic mass is 35.5. The molecule has 1 saturated heterocycles. The lowest BCUT2D eigenvalue weighted by molar-refractivity contribution is 0.151. The number of urea groups is 1. The maximum atomic E-state index is 12.1. The number of ether oxygens (including phenoxy) is 1. The van der Waals surface area contributed by atoms with E-state index in [0.717, 1.165) is 12.8 Å². The lowest BCUT2D eigenvalue weighted by Crippen LogP contribution is -2.46. The van der Waals surface area contributed by atoms with Crippen molar-refractivity contribution in [2.24, 2.45) is 0 Å². The van der Waals surface area contributed by atoms with Crippen molar-refractivity contribution in [3.8, 4) is 5.75 Å². The topological polar surface area (TPSA) is 61.8 Å². The maximum Gasteiger partial charge on any atom is 0.317 e. The van der Waals surface area contributed by atoms with Gasteiger partial charge in [0, 0.05) is 11.6 Å². The summed E-state index contributed by atoms with van der Waals surface area (Å²) < 4.78 is 5.69. The summed E-state index contributed by atoms with van der Waals surface area (Å²) in [5.41, 5.74) is 0. The molecule has 2 amide bonds. The first-order chi connectivity index (χ1) is 10.1. The zero-order chi connectivity index (χ0) is 15.2. The second-order valence-electron chi connectivity index (χ2n) is 5.24. The number of carbonyl (C=O) groups is 1. The predicted octanol–water partition coefficient (Wildman–Crippen LogP) is 2.27. The van der Waals surface area contributed by atoms with Crippen molar-refractivity contribution in [3.05, 3.63) is 29.3 Å². The molecule has 1 aliphatic heterocycles. The Labute approximate surface area is 129 Å². The summed E-state index contributed by atoms with van der Waals surface area (Å²) in [7, 11) is 0. The van der Waals surface area contributed by atoms with Gasteiger partial charge in [0.15, 0.2) is 0 Å². The largest absolute Gasteiger partial charge is 0.489 e. The van der Waals surface area contributed by atoms with E-state index in [1.807, 2.05) is 19.1 Å². The third kappa shape index (κ3) is 4.51. The Morgan fingerprint density at radius 1 is 1.62 bits per heavy atom. The fourth-order valence-electron chi connectivity index (χ4n) is 2.44. The van der Waals surface area contributed by atoms with Gasteiger partial charge in [-0.1, -0.05) is 17.7 Å². The molecule has 116 valence electrons. The first-order valence-corrected chi connectivity index (χ1v) is 7.55. The number of amides is 2. The zero-order valence-corrected chi connectivity index (χ0v) is 12.8. The first kappa shape index (κ1) is 15.9. The van der Waals surface area contributed by atoms with E-state index in [2.05, 4.69) is 5.32 Å². The number of carbonyl (C=O) groups excluding carboxylic acids is 1. The molecule has 0 radical (unpaired) electrons. The number of hydrogen-bond donors (Lipinski definition) is 2. The molecule has 0 aromatic heterocycles. The van der Waals surface area contributed by atoms with Crippen molar-refractivity contribution in [2.75, 3.05) is 19.7 Å². The highest BCUT2D eigenvalue weighted by molar-refractivity contribution is 6.30. The second-order valence-corrected chi connectivity index (χ2v) is 5.68. The van der Waals surface area contributed by atoms with E-state index in [4.69, 9.17) is 16.3 Å². The monoisotopic (exact) mass is 312 g/mol. The molecule has 6 heteroatoms. The summed E-state index contributed by atoms with van der Waals surface area (Å²) in [6.07, 6.45) is 1.63. The summed E-state index contributed by atoms with van der Waals surface area (Å²) in [5, 5.41) is 12.7. The molecule has 0 spiro atoms. The Morgan fingerprint density at radius 3 is 3.14 bits per heavy atom. The smallest absolute Gasteiger partial charge is 0.317 e. The molecule has 0 aliphatic carbocycles. The van der Waals surface area contributed by atoms with Crippen molar-refractivity contribution in [2.45, 2.75) is 31.9 Å². The number of nitrogens with zero attached hydrogens (tertiary/aromatic N) is 1. The number of aliphatic hydroxyl groups excluding tert-OH is 1. The van der Waals surface area contributed by atoms with Gasteiger partial charge in [-0.15, -0.1) is 0 Å². The molecule has 0 saturated carbocycles. The van der Waals surface area contributed by atoms with Crippen molar-refractivity contribution in [1.29, 1.82) is 0 Å². The summed E-state index contributed by atoms with van der Waals surface area (Å²) >= 11 is 5.89. The minimum atomic E-state index is -0.164. The van der Waals surface area contributed by atoms with Crippen molar-refractivity contribution in [1.82, 2.24) is 10.2 Å². The van der Waals surface area contributed by atoms with E-state index in [0.29, 0.717) is 23.9 Å². The van der Waals surface area contributed by atoms with Crippen LogP contribution in [0.2, 0.25) is 5.02 Å². The lowest BCUT2D eigenvalue weighted by atomic mass is 10.2. The number of hydrogen-bond acceptors (Lipinski definition) is 3. The zero-order valence-electron chi connectivity index (χ0n) is 12.1. The van der Waals surface area contributed by atoms with Crippen LogP contribution in [0.1, 0.15) is 19.8 Å². The van der Waals surface area contributed by atoms with Crippen molar-refractivity contribution in [3.63, 3.8) is 0 Å². The molecule has 1 heterocycles. The van der Waals surface area contributed by atoms with Crippen LogP contribution in [0, 0.1) is 0 Å². The van der Waals surface area contributed by atoms with Crippen LogP contribution in [0.25, 0.3) is 0 Å². The molecule has 1 aromatic rings. The van der Waals surface area contributed by atoms with E-state index < -0.39 is 0 Å². The molecule has 5 nitrogen and oxygen atoms in total. The summed E-state index contributed by atoms with van der Waals surface area (Å²) in [5.74, 6) is 0.679. The summed E-state index contributed by atoms with van der Waals surface area (Å²) in [6.45, 7) is 3.00. The maximum absolute atomic E-state index is 12.1. The standard InChI is InChI=1S/C15H21ClN2O3/c1-11(21-14-6-2-4-12(16)8-14)9-17-15(20)18-7-3-5-13(18)10-19/h2,4,6,8,11,13,19H,3,5,7,9-10H2,1H3,(H,17,20)/t11?,13-/m0/s1. The molecule has 1 fully saturated rings. The van der Waals surface area contributed by atoms with Crippen LogP contribution >= 0.6 is 11.6 Å². The third-order valence-corrected chi connectivity index (χ3v) is 3.76. The molecular weight excluding hydrogens is 292 g/mol. The molecule has 2 rings (SSSR count). The normalized spacial score (nSPS) is 19.4. The SMILES string of the molecule is CC(CNC(=O)N1CCC[C@H]1CO)Oc1cccc(Cl)c1. The fraction of sp³-hybridized carbons (Fsp3) is 0.533. The van der Waals surface area contributed by atoms with Gasteiger partial charge in [0.25, 0.3) is 0 Å². The van der Waals surface area contributed by atoms with Crippen LogP contribution in [0.4, 0.5) is 4.79 Å². The van der Waals surface area contributed by atoms with Crippen LogP contribution in [0.5, 0.6) is 5.75 Å². The number of likely N-dealkylation sites (tertiary alicyclic amines) is 1. The molecule has 0 bridgehead atoms. The van der Waals surface area contributed by atoms with Gasteiger partial charge in [0.1, 0.15) is 11.9 Å². The van der Waals surface area contributed by atoms with Gasteiger partial charge < -0.3 is 20.1 Å². The number of halogens is 1. The van der Waals surface area contributed by atoms with Gasteiger partial charge in [-0.25, -0.2) is 4.79 Å². The average Bonchev–Trinajstić information content (AvgIpc) is 2.93. The highest BCUT2D eigenvalue weighted by Gasteiger charge is 2.27. The lowest BCUT2D eigenvalue weighted by Gasteiger charge is -2.24. The minimum absolute atomic E-state index is 0.0159. The molecule has 1 aliphatic rings. The number of benzene rings is 1. The first-order valence-electron chi connectivity index (χ1n) is 7.17. The Hall–Kier alpha value is -1.46. The summed E-state index contributed by atoms with van der Waals surface area (Å²) in [4.78, 5) is 13.7. The Morgan fingerprint density at radius 2 is 2.43 bits per heavy atom. The number of rotatable bonds is 5. The van der Waals surface area contributed by atoms with Gasteiger partial charge in [0.2, 0.25) is 0 Å². The molecular formula is C15H21ClN2O3. The van der Waals surface area contributed by atoms with Gasteiger partial charge in [0.05, 0.1) is 19.2 Å². The molecule has 2 N–H and O–H groups in total. The third-order valence-electron chi connectivity index (χ3n) is 3.52. The predicted molar refractivity (Wildman–Crippen MR) is 81.8 cm³/mol. The van der Waals surface area contributed by atoms with Crippen LogP contribution in [-0.4, -0.2) is 47.9 Å². The Kier molecular flexibility index (Phi) is 5.70. The number of aliphatic hydroxyl groups is 1. The number of nitrogens with one attached hydrogen (secondary N) is 1. The average molecular weight is 313 g/mol. The van der Waals surface area contributed by atoms with E-state index in [1.165, 1.54) is 0 Å². The Balaban J connectivity index is 1.78. The van der Waals surface area contributed by atoms with Crippen molar-refractivity contribution < 1.29 is 14.6 Å². The van der Waals surface area contributed by atoms with Gasteiger partial charge in [-0.2, -0.15) is 0 Å². The molecule has 21 heavy (non-hydrogen) atoms. The van der Waals surface area contributed by atoms with Crippen LogP contribution < -0.4 is 10.1 Å². The van der Waals surface area contributed by atoms with Crippen molar-refractivity contribution >= 4 is 17.6 Å². The van der Waals surface area contributed by atoms with E-state index in [9.17, 15) is 9.90 Å².